The Morgan fingerprint density at radius 3 is 2.72 bits per heavy atom. The van der Waals surface area contributed by atoms with Crippen LogP contribution < -0.4 is 5.73 Å². The highest BCUT2D eigenvalue weighted by atomic mass is 19.3. The van der Waals surface area contributed by atoms with Gasteiger partial charge in [-0.1, -0.05) is 6.42 Å². The lowest BCUT2D eigenvalue weighted by molar-refractivity contribution is -0.0815. The minimum Gasteiger partial charge on any atom is -0.378 e. The van der Waals surface area contributed by atoms with Gasteiger partial charge in [-0.25, -0.2) is 8.78 Å². The fraction of sp³-hybridized carbons (Fsp3) is 0.917. The maximum Gasteiger partial charge on any atom is 0.252 e. The summed E-state index contributed by atoms with van der Waals surface area (Å²) < 4.78 is 32.4. The van der Waals surface area contributed by atoms with Crippen molar-refractivity contribution in [3.05, 3.63) is 0 Å². The van der Waals surface area contributed by atoms with Crippen molar-refractivity contribution in [2.45, 2.75) is 31.6 Å². The Morgan fingerprint density at radius 1 is 1.33 bits per heavy atom. The van der Waals surface area contributed by atoms with Gasteiger partial charge in [-0.05, 0) is 12.8 Å². The normalized spacial score (nSPS) is 29.3. The number of nitrogens with zero attached hydrogens (tertiary/aromatic N) is 2. The molecule has 1 unspecified atom stereocenters. The average molecular weight is 261 g/mol. The Bertz CT molecular complexity index is 304. The molecule has 0 radical (unpaired) electrons. The van der Waals surface area contributed by atoms with Gasteiger partial charge in [0.05, 0.1) is 19.8 Å². The van der Waals surface area contributed by atoms with Crippen LogP contribution in [0.3, 0.4) is 0 Å². The zero-order chi connectivity index (χ0) is 13.0. The summed E-state index contributed by atoms with van der Waals surface area (Å²) in [4.78, 5) is 6.05. The van der Waals surface area contributed by atoms with E-state index in [9.17, 15) is 8.78 Å². The second-order valence-corrected chi connectivity index (χ2v) is 5.00. The van der Waals surface area contributed by atoms with E-state index < -0.39 is 11.8 Å². The summed E-state index contributed by atoms with van der Waals surface area (Å²) in [6, 6.07) is 0. The quantitative estimate of drug-likeness (QED) is 0.605. The summed E-state index contributed by atoms with van der Waals surface area (Å²) in [5, 5.41) is 0. The van der Waals surface area contributed by atoms with E-state index in [4.69, 9.17) is 10.5 Å². The molecule has 0 bridgehead atoms. The molecule has 2 fully saturated rings. The van der Waals surface area contributed by atoms with Crippen LogP contribution in [0.2, 0.25) is 0 Å². The van der Waals surface area contributed by atoms with Gasteiger partial charge >= 0.3 is 0 Å². The third kappa shape index (κ3) is 3.31. The van der Waals surface area contributed by atoms with Gasteiger partial charge in [-0.15, -0.1) is 0 Å². The van der Waals surface area contributed by atoms with Gasteiger partial charge in [0.15, 0.2) is 5.96 Å². The van der Waals surface area contributed by atoms with Crippen molar-refractivity contribution < 1.29 is 13.5 Å². The molecule has 1 heterocycles. The lowest BCUT2D eigenvalue weighted by Gasteiger charge is -2.31. The second kappa shape index (κ2) is 5.82. The van der Waals surface area contributed by atoms with Gasteiger partial charge in [0.1, 0.15) is 0 Å². The molecule has 0 aromatic rings. The van der Waals surface area contributed by atoms with Crippen molar-refractivity contribution in [3.8, 4) is 0 Å². The third-order valence-corrected chi connectivity index (χ3v) is 3.72. The maximum atomic E-state index is 13.6. The number of nitrogens with two attached hydrogens (primary N) is 1. The van der Waals surface area contributed by atoms with Gasteiger partial charge in [-0.3, -0.25) is 4.99 Å². The molecule has 0 aromatic carbocycles. The van der Waals surface area contributed by atoms with E-state index in [1.807, 2.05) is 4.90 Å². The molecule has 4 nitrogen and oxygen atoms in total. The first-order valence-electron chi connectivity index (χ1n) is 6.60. The first kappa shape index (κ1) is 13.5. The third-order valence-electron chi connectivity index (χ3n) is 3.72. The molecule has 0 aromatic heterocycles. The molecule has 2 aliphatic rings. The summed E-state index contributed by atoms with van der Waals surface area (Å²) in [7, 11) is 0. The van der Waals surface area contributed by atoms with Crippen LogP contribution in [0, 0.1) is 5.92 Å². The van der Waals surface area contributed by atoms with Crippen LogP contribution in [0.5, 0.6) is 0 Å². The van der Waals surface area contributed by atoms with Crippen LogP contribution in [-0.2, 0) is 4.74 Å². The first-order valence-corrected chi connectivity index (χ1v) is 6.60. The number of halogens is 2. The number of hydrogen-bond acceptors (Lipinski definition) is 2. The maximum absolute atomic E-state index is 13.6. The number of guanidine groups is 1. The van der Waals surface area contributed by atoms with Crippen LogP contribution in [0.15, 0.2) is 4.99 Å². The van der Waals surface area contributed by atoms with E-state index >= 15 is 0 Å². The molecule has 1 atom stereocenters. The monoisotopic (exact) mass is 261 g/mol. The Kier molecular flexibility index (Phi) is 4.37. The van der Waals surface area contributed by atoms with E-state index in [1.165, 1.54) is 0 Å². The van der Waals surface area contributed by atoms with E-state index in [1.54, 1.807) is 0 Å². The smallest absolute Gasteiger partial charge is 0.252 e. The Morgan fingerprint density at radius 2 is 2.06 bits per heavy atom. The number of alkyl halides is 2. The lowest BCUT2D eigenvalue weighted by atomic mass is 9.86. The summed E-state index contributed by atoms with van der Waals surface area (Å²) in [6.45, 7) is 2.76. The lowest BCUT2D eigenvalue weighted by Crippen LogP contribution is -2.45. The van der Waals surface area contributed by atoms with E-state index in [2.05, 4.69) is 4.99 Å². The Hall–Kier alpha value is -0.910. The van der Waals surface area contributed by atoms with Crippen molar-refractivity contribution in [2.24, 2.45) is 16.6 Å². The number of ether oxygens (including phenoxy) is 1. The van der Waals surface area contributed by atoms with Crippen LogP contribution in [0.4, 0.5) is 8.78 Å². The number of aliphatic imine (C=N–C) groups is 1. The van der Waals surface area contributed by atoms with Gasteiger partial charge in [0.25, 0.3) is 5.92 Å². The van der Waals surface area contributed by atoms with Crippen molar-refractivity contribution in [1.82, 2.24) is 4.90 Å². The molecule has 1 saturated carbocycles. The summed E-state index contributed by atoms with van der Waals surface area (Å²) in [5.41, 5.74) is 5.83. The fourth-order valence-electron chi connectivity index (χ4n) is 2.49. The zero-order valence-corrected chi connectivity index (χ0v) is 10.6. The molecule has 2 rings (SSSR count). The molecule has 1 aliphatic heterocycles. The van der Waals surface area contributed by atoms with E-state index in [0.717, 1.165) is 6.42 Å². The minimum absolute atomic E-state index is 0.00928. The Balaban J connectivity index is 1.88. The van der Waals surface area contributed by atoms with Crippen molar-refractivity contribution >= 4 is 5.96 Å². The SMILES string of the molecule is NC(=NCC1CCCCC1(F)F)N1CCOCC1. The van der Waals surface area contributed by atoms with E-state index in [0.29, 0.717) is 45.1 Å². The molecular formula is C12H21F2N3O. The van der Waals surface area contributed by atoms with E-state index in [-0.39, 0.29) is 13.0 Å². The van der Waals surface area contributed by atoms with Gasteiger partial charge in [-0.2, -0.15) is 0 Å². The standard InChI is InChI=1S/C12H21F2N3O/c13-12(14)4-2-1-3-10(12)9-16-11(15)17-5-7-18-8-6-17/h10H,1-9H2,(H2,15,16). The van der Waals surface area contributed by atoms with Gasteiger partial charge in [0, 0.05) is 25.4 Å². The summed E-state index contributed by atoms with van der Waals surface area (Å²) in [6.07, 6.45) is 2.02. The zero-order valence-electron chi connectivity index (χ0n) is 10.6. The second-order valence-electron chi connectivity index (χ2n) is 5.00. The molecule has 0 spiro atoms. The molecule has 1 aliphatic carbocycles. The molecule has 104 valence electrons. The van der Waals surface area contributed by atoms with Crippen LogP contribution >= 0.6 is 0 Å². The minimum atomic E-state index is -2.58. The molecule has 1 saturated heterocycles. The van der Waals surface area contributed by atoms with Gasteiger partial charge in [0.2, 0.25) is 0 Å². The Labute approximate surface area is 106 Å². The first-order chi connectivity index (χ1) is 8.59. The highest BCUT2D eigenvalue weighted by molar-refractivity contribution is 5.78. The molecule has 2 N–H and O–H groups in total. The predicted molar refractivity (Wildman–Crippen MR) is 65.8 cm³/mol. The highest BCUT2D eigenvalue weighted by Gasteiger charge is 2.41. The molecule has 18 heavy (non-hydrogen) atoms. The van der Waals surface area contributed by atoms with Gasteiger partial charge < -0.3 is 15.4 Å². The highest BCUT2D eigenvalue weighted by Crippen LogP contribution is 2.38. The largest absolute Gasteiger partial charge is 0.378 e. The fourth-order valence-corrected chi connectivity index (χ4v) is 2.49. The van der Waals surface area contributed by atoms with Crippen LogP contribution in [-0.4, -0.2) is 49.6 Å². The topological polar surface area (TPSA) is 50.8 Å². The summed E-state index contributed by atoms with van der Waals surface area (Å²) >= 11 is 0. The van der Waals surface area contributed by atoms with Crippen LogP contribution in [0.1, 0.15) is 25.7 Å². The number of rotatable bonds is 2. The molecular weight excluding hydrogens is 240 g/mol. The molecule has 6 heteroatoms. The van der Waals surface area contributed by atoms with Crippen LogP contribution in [0.25, 0.3) is 0 Å². The van der Waals surface area contributed by atoms with Crippen molar-refractivity contribution in [1.29, 1.82) is 0 Å². The van der Waals surface area contributed by atoms with Crippen molar-refractivity contribution in [3.63, 3.8) is 0 Å². The number of hydrogen-bond donors (Lipinski definition) is 1. The molecule has 0 amide bonds. The average Bonchev–Trinajstić information content (AvgIpc) is 2.38. The summed E-state index contributed by atoms with van der Waals surface area (Å²) in [5.74, 6) is -2.85. The van der Waals surface area contributed by atoms with Crippen molar-refractivity contribution in [2.75, 3.05) is 32.8 Å². The number of morpholine rings is 1. The predicted octanol–water partition coefficient (Wildman–Crippen LogP) is 1.46.